The number of piperidine rings is 1. The van der Waals surface area contributed by atoms with Crippen LogP contribution >= 0.6 is 0 Å². The van der Waals surface area contributed by atoms with Gasteiger partial charge in [0, 0.05) is 12.1 Å². The number of carbonyl (C=O) groups is 1. The second kappa shape index (κ2) is 12.5. The Morgan fingerprint density at radius 1 is 1.07 bits per heavy atom. The molecule has 0 atom stereocenters. The molecule has 2 aromatic rings. The molecule has 1 heterocycles. The molecule has 3 nitrogen and oxygen atoms in total. The molecule has 0 aromatic heterocycles. The van der Waals surface area contributed by atoms with Crippen LogP contribution in [0.25, 0.3) is 0 Å². The third-order valence-electron chi connectivity index (χ3n) is 6.06. The second-order valence-corrected chi connectivity index (χ2v) is 8.33. The summed E-state index contributed by atoms with van der Waals surface area (Å²) in [7, 11) is 0. The number of amides is 1. The predicted octanol–water partition coefficient (Wildman–Crippen LogP) is 5.54. The zero-order chi connectivity index (χ0) is 21.9. The quantitative estimate of drug-likeness (QED) is 0.649. The van der Waals surface area contributed by atoms with Crippen LogP contribution in [0.1, 0.15) is 66.6 Å². The van der Waals surface area contributed by atoms with Crippen LogP contribution in [0, 0.1) is 18.7 Å². The zero-order valence-corrected chi connectivity index (χ0v) is 18.8. The first-order chi connectivity index (χ1) is 14.4. The molecule has 1 fully saturated rings. The smallest absolute Gasteiger partial charge is 0.248 e. The predicted molar refractivity (Wildman–Crippen MR) is 123 cm³/mol. The van der Waals surface area contributed by atoms with Gasteiger partial charge in [-0.25, -0.2) is 4.39 Å². The number of hydrogen-bond acceptors (Lipinski definition) is 2. The molecule has 0 unspecified atom stereocenters. The zero-order valence-electron chi connectivity index (χ0n) is 18.8. The van der Waals surface area contributed by atoms with Crippen LogP contribution in [0.5, 0.6) is 0 Å². The Morgan fingerprint density at radius 3 is 2.27 bits per heavy atom. The van der Waals surface area contributed by atoms with Gasteiger partial charge < -0.3 is 10.6 Å². The molecular formula is C26H37FN2O. The van der Waals surface area contributed by atoms with Crippen molar-refractivity contribution >= 4 is 5.91 Å². The Bertz CT molecular complexity index is 780. The number of likely N-dealkylation sites (tertiary alicyclic amines) is 1. The van der Waals surface area contributed by atoms with Crippen molar-refractivity contribution < 1.29 is 9.18 Å². The number of benzene rings is 2. The van der Waals surface area contributed by atoms with Crippen LogP contribution in [0.15, 0.2) is 42.5 Å². The first-order valence-corrected chi connectivity index (χ1v) is 11.3. The second-order valence-electron chi connectivity index (χ2n) is 8.33. The summed E-state index contributed by atoms with van der Waals surface area (Å²) in [6.45, 7) is 10.0. The van der Waals surface area contributed by atoms with E-state index in [2.05, 4.69) is 18.7 Å². The summed E-state index contributed by atoms with van der Waals surface area (Å²) in [6.07, 6.45) is 7.24. The number of halogens is 1. The number of nitrogens with two attached hydrogens (primary N) is 1. The monoisotopic (exact) mass is 412 g/mol. The summed E-state index contributed by atoms with van der Waals surface area (Å²) in [5.41, 5.74) is 9.45. The summed E-state index contributed by atoms with van der Waals surface area (Å²) < 4.78 is 12.8. The minimum atomic E-state index is -0.355. The lowest BCUT2D eigenvalue weighted by Crippen LogP contribution is -2.34. The van der Waals surface area contributed by atoms with E-state index in [1.807, 2.05) is 31.2 Å². The summed E-state index contributed by atoms with van der Waals surface area (Å²) in [6, 6.07) is 12.5. The molecule has 2 N–H and O–H groups in total. The van der Waals surface area contributed by atoms with Gasteiger partial charge in [-0.05, 0) is 92.6 Å². The van der Waals surface area contributed by atoms with E-state index >= 15 is 0 Å². The van der Waals surface area contributed by atoms with E-state index in [9.17, 15) is 9.18 Å². The fraction of sp³-hybridized carbons (Fsp3) is 0.500. The molecule has 0 bridgehead atoms. The Balaban J connectivity index is 0.000000222. The van der Waals surface area contributed by atoms with Crippen molar-refractivity contribution in [3.05, 3.63) is 70.5 Å². The molecule has 1 amide bonds. The lowest BCUT2D eigenvalue weighted by molar-refractivity contribution is 0.1000. The number of nitrogens with zero attached hydrogens (tertiary/aromatic N) is 1. The van der Waals surface area contributed by atoms with Gasteiger partial charge in [0.2, 0.25) is 5.91 Å². The van der Waals surface area contributed by atoms with Crippen molar-refractivity contribution in [2.24, 2.45) is 11.7 Å². The molecule has 0 saturated carbocycles. The van der Waals surface area contributed by atoms with Crippen molar-refractivity contribution in [3.8, 4) is 0 Å². The van der Waals surface area contributed by atoms with Gasteiger partial charge in [0.05, 0.1) is 0 Å². The Morgan fingerprint density at radius 2 is 1.73 bits per heavy atom. The lowest BCUT2D eigenvalue weighted by Gasteiger charge is -2.31. The summed E-state index contributed by atoms with van der Waals surface area (Å²) in [4.78, 5) is 13.4. The first kappa shape index (κ1) is 24.1. The average Bonchev–Trinajstić information content (AvgIpc) is 2.75. The fourth-order valence-electron chi connectivity index (χ4n) is 3.96. The van der Waals surface area contributed by atoms with Crippen LogP contribution in [-0.2, 0) is 12.8 Å². The number of hydrogen-bond donors (Lipinski definition) is 1. The van der Waals surface area contributed by atoms with Gasteiger partial charge in [0.1, 0.15) is 5.82 Å². The molecule has 1 saturated heterocycles. The molecule has 0 radical (unpaired) electrons. The number of primary amides is 1. The topological polar surface area (TPSA) is 46.3 Å². The van der Waals surface area contributed by atoms with Gasteiger partial charge in [-0.15, -0.1) is 0 Å². The molecule has 164 valence electrons. The Kier molecular flexibility index (Phi) is 10.0. The van der Waals surface area contributed by atoms with E-state index in [0.29, 0.717) is 5.56 Å². The number of rotatable bonds is 7. The molecule has 0 spiro atoms. The van der Waals surface area contributed by atoms with E-state index in [0.717, 1.165) is 37.3 Å². The minimum Gasteiger partial charge on any atom is -0.366 e. The van der Waals surface area contributed by atoms with Crippen molar-refractivity contribution in [2.75, 3.05) is 19.6 Å². The lowest BCUT2D eigenvalue weighted by atomic mass is 9.94. The normalized spacial score (nSPS) is 14.8. The van der Waals surface area contributed by atoms with Crippen molar-refractivity contribution in [1.29, 1.82) is 0 Å². The van der Waals surface area contributed by atoms with Gasteiger partial charge in [-0.3, -0.25) is 4.79 Å². The molecule has 0 aliphatic carbocycles. The Labute approximate surface area is 181 Å². The van der Waals surface area contributed by atoms with Crippen LogP contribution in [-0.4, -0.2) is 30.4 Å². The van der Waals surface area contributed by atoms with Crippen LogP contribution in [0.2, 0.25) is 0 Å². The van der Waals surface area contributed by atoms with Gasteiger partial charge in [-0.1, -0.05) is 44.9 Å². The minimum absolute atomic E-state index is 0.141. The maximum atomic E-state index is 12.8. The fourth-order valence-corrected chi connectivity index (χ4v) is 3.96. The van der Waals surface area contributed by atoms with E-state index in [4.69, 9.17) is 5.73 Å². The standard InChI is InChI=1S/C15H22FN.C11H15NO/c1-2-13-7-10-17(11-8-13)12-9-14-3-5-15(16)6-4-14;1-3-4-9-5-6-10(11(12)13)7-8(9)2/h3-6,13H,2,7-12H2,1H3;5-7H,3-4H2,1-2H3,(H2,12,13). The largest absolute Gasteiger partial charge is 0.366 e. The van der Waals surface area contributed by atoms with Gasteiger partial charge in [0.25, 0.3) is 0 Å². The highest BCUT2D eigenvalue weighted by Gasteiger charge is 2.17. The van der Waals surface area contributed by atoms with E-state index in [1.165, 1.54) is 43.5 Å². The highest BCUT2D eigenvalue weighted by Crippen LogP contribution is 2.20. The molecule has 30 heavy (non-hydrogen) atoms. The highest BCUT2D eigenvalue weighted by atomic mass is 19.1. The average molecular weight is 413 g/mol. The van der Waals surface area contributed by atoms with Crippen molar-refractivity contribution in [1.82, 2.24) is 4.90 Å². The third-order valence-corrected chi connectivity index (χ3v) is 6.06. The number of aryl methyl sites for hydroxylation is 2. The number of carbonyl (C=O) groups excluding carboxylic acids is 1. The van der Waals surface area contributed by atoms with Crippen LogP contribution in [0.4, 0.5) is 4.39 Å². The molecule has 2 aromatic carbocycles. The van der Waals surface area contributed by atoms with Gasteiger partial charge >= 0.3 is 0 Å². The van der Waals surface area contributed by atoms with E-state index in [-0.39, 0.29) is 11.7 Å². The molecule has 1 aliphatic heterocycles. The van der Waals surface area contributed by atoms with E-state index in [1.54, 1.807) is 18.2 Å². The molecule has 3 rings (SSSR count). The Hall–Kier alpha value is -2.20. The van der Waals surface area contributed by atoms with Crippen LogP contribution < -0.4 is 5.73 Å². The van der Waals surface area contributed by atoms with Crippen LogP contribution in [0.3, 0.4) is 0 Å². The van der Waals surface area contributed by atoms with Gasteiger partial charge in [0.15, 0.2) is 0 Å². The molecular weight excluding hydrogens is 375 g/mol. The summed E-state index contributed by atoms with van der Waals surface area (Å²) >= 11 is 0. The first-order valence-electron chi connectivity index (χ1n) is 11.3. The molecule has 4 heteroatoms. The highest BCUT2D eigenvalue weighted by molar-refractivity contribution is 5.93. The van der Waals surface area contributed by atoms with Crippen molar-refractivity contribution in [3.63, 3.8) is 0 Å². The van der Waals surface area contributed by atoms with Gasteiger partial charge in [-0.2, -0.15) is 0 Å². The van der Waals surface area contributed by atoms with Crippen molar-refractivity contribution in [2.45, 2.75) is 59.3 Å². The summed E-state index contributed by atoms with van der Waals surface area (Å²) in [5.74, 6) is 0.445. The maximum absolute atomic E-state index is 12.8. The molecule has 1 aliphatic rings. The third kappa shape index (κ3) is 7.91. The summed E-state index contributed by atoms with van der Waals surface area (Å²) in [5, 5.41) is 0. The maximum Gasteiger partial charge on any atom is 0.248 e. The SMILES string of the molecule is CCC1CCN(CCc2ccc(F)cc2)CC1.CCCc1ccc(C(N)=O)cc1C. The van der Waals surface area contributed by atoms with E-state index < -0.39 is 0 Å².